The quantitative estimate of drug-likeness (QED) is 0.137. The molecule has 360 valence electrons. The van der Waals surface area contributed by atoms with Gasteiger partial charge in [-0.05, 0) is 92.9 Å². The maximum absolute atomic E-state index is 7.29. The molecule has 0 amide bonds. The largest absolute Gasteiger partial charge is 0.457 e. The van der Waals surface area contributed by atoms with E-state index < -0.39 is 0 Å². The summed E-state index contributed by atoms with van der Waals surface area (Å²) in [5.41, 5.74) is 19.0. The number of pyridine rings is 1. The molecule has 75 heavy (non-hydrogen) atoms. The van der Waals surface area contributed by atoms with Crippen LogP contribution < -0.4 is 14.5 Å². The molecule has 3 heterocycles. The SMILES string of the molecule is CC(C)(C)c1cc(-n2c3ccc(-c4ccccc4)cc3c3cc(-c4ccccc4)c(Oc4cccc(N5CN(c6c(-c7ccccc7)cccc6-c6ccccc6)c6ccccc65)c4)cc32)ncc1-c1ccccc1. The Bertz CT molecular complexity index is 3980. The second kappa shape index (κ2) is 18.9. The fourth-order valence-corrected chi connectivity index (χ4v) is 11.1. The Kier molecular flexibility index (Phi) is 11.4. The Hall–Kier alpha value is -9.45. The van der Waals surface area contributed by atoms with Gasteiger partial charge in [0.1, 0.15) is 24.0 Å². The van der Waals surface area contributed by atoms with Crippen LogP contribution in [0.25, 0.3) is 83.3 Å². The van der Waals surface area contributed by atoms with Crippen molar-refractivity contribution in [3.05, 3.63) is 267 Å². The first kappa shape index (κ1) is 45.4. The van der Waals surface area contributed by atoms with E-state index in [1.165, 1.54) is 39.1 Å². The molecule has 0 aliphatic carbocycles. The van der Waals surface area contributed by atoms with Gasteiger partial charge < -0.3 is 14.5 Å². The van der Waals surface area contributed by atoms with Crippen LogP contribution in [0, 0.1) is 0 Å². The van der Waals surface area contributed by atoms with Crippen LogP contribution in [0.5, 0.6) is 11.5 Å². The molecule has 1 aliphatic rings. The Morgan fingerprint density at radius 2 is 0.920 bits per heavy atom. The number of anilines is 4. The van der Waals surface area contributed by atoms with Gasteiger partial charge in [-0.2, -0.15) is 0 Å². The van der Waals surface area contributed by atoms with Gasteiger partial charge in [-0.25, -0.2) is 4.98 Å². The highest BCUT2D eigenvalue weighted by Crippen LogP contribution is 2.51. The third-order valence-electron chi connectivity index (χ3n) is 14.6. The third kappa shape index (κ3) is 8.38. The van der Waals surface area contributed by atoms with Gasteiger partial charge in [0.2, 0.25) is 0 Å². The van der Waals surface area contributed by atoms with Crippen LogP contribution in [0.3, 0.4) is 0 Å². The topological polar surface area (TPSA) is 33.5 Å². The molecule has 0 N–H and O–H groups in total. The fourth-order valence-electron chi connectivity index (χ4n) is 11.1. The lowest BCUT2D eigenvalue weighted by molar-refractivity contribution is 0.485. The maximum atomic E-state index is 7.29. The van der Waals surface area contributed by atoms with Crippen LogP contribution in [-0.4, -0.2) is 16.2 Å². The first-order valence-electron chi connectivity index (χ1n) is 25.8. The lowest BCUT2D eigenvalue weighted by Crippen LogP contribution is -2.24. The fraction of sp³-hybridized carbons (Fsp3) is 0.0714. The van der Waals surface area contributed by atoms with Crippen LogP contribution in [-0.2, 0) is 5.41 Å². The van der Waals surface area contributed by atoms with E-state index in [-0.39, 0.29) is 5.41 Å². The third-order valence-corrected chi connectivity index (χ3v) is 14.6. The summed E-state index contributed by atoms with van der Waals surface area (Å²) in [7, 11) is 0. The van der Waals surface area contributed by atoms with Gasteiger partial charge in [-0.3, -0.25) is 4.57 Å². The minimum atomic E-state index is -0.162. The zero-order valence-corrected chi connectivity index (χ0v) is 42.2. The number of benzene rings is 10. The number of rotatable bonds is 10. The number of para-hydroxylation sites is 3. The summed E-state index contributed by atoms with van der Waals surface area (Å²) in [5.74, 6) is 2.35. The van der Waals surface area contributed by atoms with E-state index in [4.69, 9.17) is 9.72 Å². The van der Waals surface area contributed by atoms with Crippen molar-refractivity contribution in [2.45, 2.75) is 26.2 Å². The Balaban J connectivity index is 0.959. The highest BCUT2D eigenvalue weighted by atomic mass is 16.5. The summed E-state index contributed by atoms with van der Waals surface area (Å²) >= 11 is 0. The normalized spacial score (nSPS) is 12.4. The average Bonchev–Trinajstić information content (AvgIpc) is 4.08. The van der Waals surface area contributed by atoms with Crippen LogP contribution in [0.2, 0.25) is 0 Å². The molecule has 2 aromatic heterocycles. The van der Waals surface area contributed by atoms with Crippen molar-refractivity contribution in [1.29, 1.82) is 0 Å². The number of aromatic nitrogens is 2. The highest BCUT2D eigenvalue weighted by molar-refractivity contribution is 6.12. The van der Waals surface area contributed by atoms with Gasteiger partial charge in [-0.1, -0.05) is 215 Å². The van der Waals surface area contributed by atoms with Gasteiger partial charge in [-0.15, -0.1) is 0 Å². The molecule has 0 fully saturated rings. The summed E-state index contributed by atoms with van der Waals surface area (Å²) < 4.78 is 9.61. The lowest BCUT2D eigenvalue weighted by atomic mass is 9.82. The maximum Gasteiger partial charge on any atom is 0.137 e. The predicted molar refractivity (Wildman–Crippen MR) is 313 cm³/mol. The molecule has 5 nitrogen and oxygen atoms in total. The molecule has 5 heteroatoms. The summed E-state index contributed by atoms with van der Waals surface area (Å²) in [6, 6.07) is 91.0. The van der Waals surface area contributed by atoms with Gasteiger partial charge in [0.25, 0.3) is 0 Å². The zero-order chi connectivity index (χ0) is 50.5. The van der Waals surface area contributed by atoms with Gasteiger partial charge in [0, 0.05) is 57.0 Å². The molecule has 13 rings (SSSR count). The number of hydrogen-bond donors (Lipinski definition) is 0. The molecule has 0 saturated heterocycles. The lowest BCUT2D eigenvalue weighted by Gasteiger charge is -2.27. The van der Waals surface area contributed by atoms with E-state index in [1.807, 2.05) is 0 Å². The number of ether oxygens (including phenoxy) is 1. The molecule has 10 aromatic carbocycles. The number of hydrogen-bond acceptors (Lipinski definition) is 4. The minimum absolute atomic E-state index is 0.162. The average molecular weight is 967 g/mol. The van der Waals surface area contributed by atoms with Gasteiger partial charge >= 0.3 is 0 Å². The van der Waals surface area contributed by atoms with Gasteiger partial charge in [0.15, 0.2) is 0 Å². The van der Waals surface area contributed by atoms with E-state index in [0.29, 0.717) is 6.67 Å². The summed E-state index contributed by atoms with van der Waals surface area (Å²) in [6.45, 7) is 7.46. The van der Waals surface area contributed by atoms with Crippen molar-refractivity contribution in [2.75, 3.05) is 16.5 Å². The summed E-state index contributed by atoms with van der Waals surface area (Å²) in [4.78, 5) is 10.2. The Morgan fingerprint density at radius 3 is 1.52 bits per heavy atom. The van der Waals surface area contributed by atoms with Crippen molar-refractivity contribution in [1.82, 2.24) is 9.55 Å². The Morgan fingerprint density at radius 1 is 0.400 bits per heavy atom. The number of nitrogens with zero attached hydrogens (tertiary/aromatic N) is 4. The standard InChI is InChI=1S/C70H54N4O/c1-70(2,3)62-44-68(71-46-61(62)52-31-17-8-18-32-52)74-63-40-39-53(48-23-9-4-10-24-48)41-59(63)60-43-58(51-29-15-7-16-30-51)67(45-66(60)74)75-55-34-21-33-54(42-55)72-47-73(65-38-20-19-37-64(65)72)69-56(49-25-11-5-12-26-49)35-22-36-57(69)50-27-13-6-14-28-50/h4-46H,47H2,1-3H3. The molecular formula is C70H54N4O. The van der Waals surface area contributed by atoms with E-state index in [1.54, 1.807) is 0 Å². The predicted octanol–water partition coefficient (Wildman–Crippen LogP) is 18.9. The molecule has 0 spiro atoms. The first-order chi connectivity index (χ1) is 36.8. The second-order valence-corrected chi connectivity index (χ2v) is 20.4. The van der Waals surface area contributed by atoms with Crippen molar-refractivity contribution in [2.24, 2.45) is 0 Å². The summed E-state index contributed by atoms with van der Waals surface area (Å²) in [6.07, 6.45) is 2.06. The van der Waals surface area contributed by atoms with Crippen molar-refractivity contribution in [3.63, 3.8) is 0 Å². The molecule has 12 aromatic rings. The van der Waals surface area contributed by atoms with E-state index in [0.717, 1.165) is 84.0 Å². The smallest absolute Gasteiger partial charge is 0.137 e. The van der Waals surface area contributed by atoms with Crippen molar-refractivity contribution in [3.8, 4) is 73.0 Å². The van der Waals surface area contributed by atoms with Crippen LogP contribution in [0.15, 0.2) is 261 Å². The Labute approximate surface area is 438 Å². The van der Waals surface area contributed by atoms with Crippen molar-refractivity contribution < 1.29 is 4.74 Å². The molecule has 0 unspecified atom stereocenters. The van der Waals surface area contributed by atoms with Crippen LogP contribution >= 0.6 is 0 Å². The minimum Gasteiger partial charge on any atom is -0.457 e. The van der Waals surface area contributed by atoms with E-state index in [2.05, 4.69) is 296 Å². The second-order valence-electron chi connectivity index (χ2n) is 20.4. The summed E-state index contributed by atoms with van der Waals surface area (Å²) in [5, 5.41) is 2.26. The first-order valence-corrected chi connectivity index (χ1v) is 25.8. The van der Waals surface area contributed by atoms with Gasteiger partial charge in [0.05, 0.1) is 28.1 Å². The highest BCUT2D eigenvalue weighted by Gasteiger charge is 2.32. The monoisotopic (exact) mass is 966 g/mol. The van der Waals surface area contributed by atoms with Crippen LogP contribution in [0.1, 0.15) is 26.3 Å². The molecule has 0 bridgehead atoms. The molecular weight excluding hydrogens is 913 g/mol. The zero-order valence-electron chi connectivity index (χ0n) is 42.2. The molecule has 0 radical (unpaired) electrons. The molecule has 0 atom stereocenters. The van der Waals surface area contributed by atoms with Crippen LogP contribution in [0.4, 0.5) is 22.7 Å². The number of fused-ring (bicyclic) bond motifs is 4. The van der Waals surface area contributed by atoms with Crippen molar-refractivity contribution >= 4 is 44.6 Å². The van der Waals surface area contributed by atoms with E-state index in [9.17, 15) is 0 Å². The van der Waals surface area contributed by atoms with E-state index >= 15 is 0 Å². The molecule has 1 aliphatic heterocycles. The molecule has 0 saturated carbocycles.